The average molecular weight is 283 g/mol. The van der Waals surface area contributed by atoms with E-state index in [-0.39, 0.29) is 11.6 Å². The lowest BCUT2D eigenvalue weighted by Gasteiger charge is -2.25. The summed E-state index contributed by atoms with van der Waals surface area (Å²) in [7, 11) is 0. The van der Waals surface area contributed by atoms with Crippen LogP contribution in [0.5, 0.6) is 0 Å². The normalized spacial score (nSPS) is 13.1. The molecule has 0 aliphatic rings. The summed E-state index contributed by atoms with van der Waals surface area (Å²) in [6.07, 6.45) is 0.979. The van der Waals surface area contributed by atoms with Gasteiger partial charge in [0.15, 0.2) is 0 Å². The highest BCUT2D eigenvalue weighted by molar-refractivity contribution is 5.63. The third kappa shape index (κ3) is 4.42. The largest absolute Gasteiger partial charge is 0.374 e. The summed E-state index contributed by atoms with van der Waals surface area (Å²) in [5.74, 6) is 0. The van der Waals surface area contributed by atoms with Crippen molar-refractivity contribution in [3.63, 3.8) is 0 Å². The van der Waals surface area contributed by atoms with E-state index in [1.165, 1.54) is 11.1 Å². The summed E-state index contributed by atoms with van der Waals surface area (Å²) in [4.78, 5) is 0. The molecule has 0 heterocycles. The molecular weight excluding hydrogens is 258 g/mol. The molecule has 1 unspecified atom stereocenters. The van der Waals surface area contributed by atoms with Crippen LogP contribution in [0.25, 0.3) is 11.1 Å². The minimum atomic E-state index is -0.110. The maximum absolute atomic E-state index is 6.22. The molecular formula is C19H25NO. The van der Waals surface area contributed by atoms with Crippen LogP contribution < -0.4 is 5.73 Å². The Morgan fingerprint density at radius 3 is 2.10 bits per heavy atom. The van der Waals surface area contributed by atoms with Gasteiger partial charge in [0.05, 0.1) is 18.2 Å². The minimum Gasteiger partial charge on any atom is -0.374 e. The van der Waals surface area contributed by atoms with E-state index < -0.39 is 0 Å². The second-order valence-electron chi connectivity index (χ2n) is 6.02. The first-order chi connectivity index (χ1) is 10.0. The van der Waals surface area contributed by atoms with Crippen molar-refractivity contribution < 1.29 is 4.74 Å². The van der Waals surface area contributed by atoms with Gasteiger partial charge in [0.2, 0.25) is 0 Å². The van der Waals surface area contributed by atoms with E-state index in [9.17, 15) is 0 Å². The molecule has 0 fully saturated rings. The molecule has 0 saturated carbocycles. The second kappa shape index (κ2) is 6.88. The van der Waals surface area contributed by atoms with Gasteiger partial charge in [-0.15, -0.1) is 0 Å². The number of hydrogen-bond donors (Lipinski definition) is 1. The van der Waals surface area contributed by atoms with Crippen molar-refractivity contribution in [2.45, 2.75) is 38.8 Å². The van der Waals surface area contributed by atoms with Crippen LogP contribution in [0, 0.1) is 0 Å². The molecule has 0 bridgehead atoms. The van der Waals surface area contributed by atoms with Gasteiger partial charge in [-0.1, -0.05) is 61.5 Å². The molecule has 2 rings (SSSR count). The molecule has 0 spiro atoms. The molecule has 2 aromatic rings. The summed E-state index contributed by atoms with van der Waals surface area (Å²) in [6.45, 7) is 6.86. The standard InChI is InChI=1S/C19H25NO/c1-4-19(2,3)21-14-18(20)17-12-10-16(11-13-17)15-8-6-5-7-9-15/h5-13,18H,4,14,20H2,1-3H3. The van der Waals surface area contributed by atoms with E-state index in [2.05, 4.69) is 69.3 Å². The van der Waals surface area contributed by atoms with Crippen molar-refractivity contribution in [1.29, 1.82) is 0 Å². The molecule has 0 aliphatic carbocycles. The Morgan fingerprint density at radius 1 is 0.952 bits per heavy atom. The lowest BCUT2D eigenvalue weighted by Crippen LogP contribution is -2.28. The minimum absolute atomic E-state index is 0.0827. The summed E-state index contributed by atoms with van der Waals surface area (Å²) in [5, 5.41) is 0. The fraction of sp³-hybridized carbons (Fsp3) is 0.368. The molecule has 2 N–H and O–H groups in total. The maximum atomic E-state index is 6.22. The van der Waals surface area contributed by atoms with Gasteiger partial charge >= 0.3 is 0 Å². The monoisotopic (exact) mass is 283 g/mol. The van der Waals surface area contributed by atoms with Crippen molar-refractivity contribution in [2.24, 2.45) is 5.73 Å². The number of benzene rings is 2. The van der Waals surface area contributed by atoms with Crippen molar-refractivity contribution in [1.82, 2.24) is 0 Å². The molecule has 21 heavy (non-hydrogen) atoms. The van der Waals surface area contributed by atoms with Gasteiger partial charge < -0.3 is 10.5 Å². The third-order valence-electron chi connectivity index (χ3n) is 3.95. The molecule has 1 atom stereocenters. The zero-order chi connectivity index (χ0) is 15.3. The SMILES string of the molecule is CCC(C)(C)OCC(N)c1ccc(-c2ccccc2)cc1. The van der Waals surface area contributed by atoms with Crippen LogP contribution in [0.1, 0.15) is 38.8 Å². The van der Waals surface area contributed by atoms with Crippen LogP contribution in [0.4, 0.5) is 0 Å². The molecule has 0 amide bonds. The van der Waals surface area contributed by atoms with Crippen LogP contribution in [0.15, 0.2) is 54.6 Å². The third-order valence-corrected chi connectivity index (χ3v) is 3.95. The van der Waals surface area contributed by atoms with E-state index in [0.717, 1.165) is 12.0 Å². The van der Waals surface area contributed by atoms with Gasteiger partial charge in [0.25, 0.3) is 0 Å². The number of hydrogen-bond acceptors (Lipinski definition) is 2. The van der Waals surface area contributed by atoms with Crippen molar-refractivity contribution in [3.05, 3.63) is 60.2 Å². The molecule has 112 valence electrons. The summed E-state index contributed by atoms with van der Waals surface area (Å²) >= 11 is 0. The molecule has 0 radical (unpaired) electrons. The van der Waals surface area contributed by atoms with Gasteiger partial charge in [-0.05, 0) is 37.0 Å². The Bertz CT molecular complexity index is 546. The highest BCUT2D eigenvalue weighted by atomic mass is 16.5. The van der Waals surface area contributed by atoms with Gasteiger partial charge in [-0.25, -0.2) is 0 Å². The highest BCUT2D eigenvalue weighted by Gasteiger charge is 2.17. The number of nitrogens with two attached hydrogens (primary N) is 1. The lowest BCUT2D eigenvalue weighted by atomic mass is 10.0. The van der Waals surface area contributed by atoms with Crippen molar-refractivity contribution >= 4 is 0 Å². The predicted molar refractivity (Wildman–Crippen MR) is 89.1 cm³/mol. The number of rotatable bonds is 6. The Labute approximate surface area is 127 Å². The first kappa shape index (κ1) is 15.7. The van der Waals surface area contributed by atoms with Crippen LogP contribution in [0.2, 0.25) is 0 Å². The Kier molecular flexibility index (Phi) is 5.16. The maximum Gasteiger partial charge on any atom is 0.0666 e. The van der Waals surface area contributed by atoms with Gasteiger partial charge in [-0.2, -0.15) is 0 Å². The van der Waals surface area contributed by atoms with Crippen LogP contribution >= 0.6 is 0 Å². The average Bonchev–Trinajstić information content (AvgIpc) is 2.54. The van der Waals surface area contributed by atoms with E-state index >= 15 is 0 Å². The summed E-state index contributed by atoms with van der Waals surface area (Å²) < 4.78 is 5.88. The predicted octanol–water partition coefficient (Wildman–Crippen LogP) is 4.56. The first-order valence-corrected chi connectivity index (χ1v) is 7.57. The fourth-order valence-corrected chi connectivity index (χ4v) is 2.07. The summed E-state index contributed by atoms with van der Waals surface area (Å²) in [6, 6.07) is 18.7. The van der Waals surface area contributed by atoms with Gasteiger partial charge in [0, 0.05) is 0 Å². The molecule has 2 nitrogen and oxygen atoms in total. The Hall–Kier alpha value is -1.64. The van der Waals surface area contributed by atoms with Crippen LogP contribution in [0.3, 0.4) is 0 Å². The Morgan fingerprint density at radius 2 is 1.52 bits per heavy atom. The lowest BCUT2D eigenvalue weighted by molar-refractivity contribution is -0.0267. The van der Waals surface area contributed by atoms with Crippen molar-refractivity contribution in [2.75, 3.05) is 6.61 Å². The topological polar surface area (TPSA) is 35.2 Å². The molecule has 0 aliphatic heterocycles. The molecule has 0 aromatic heterocycles. The second-order valence-corrected chi connectivity index (χ2v) is 6.02. The Balaban J connectivity index is 2.02. The van der Waals surface area contributed by atoms with E-state index in [0.29, 0.717) is 6.61 Å². The number of ether oxygens (including phenoxy) is 1. The zero-order valence-electron chi connectivity index (χ0n) is 13.2. The smallest absolute Gasteiger partial charge is 0.0666 e. The summed E-state index contributed by atoms with van der Waals surface area (Å²) in [5.41, 5.74) is 9.66. The van der Waals surface area contributed by atoms with Gasteiger partial charge in [0.1, 0.15) is 0 Å². The van der Waals surface area contributed by atoms with Gasteiger partial charge in [-0.3, -0.25) is 0 Å². The highest BCUT2D eigenvalue weighted by Crippen LogP contribution is 2.22. The molecule has 2 aromatic carbocycles. The quantitative estimate of drug-likeness (QED) is 0.843. The van der Waals surface area contributed by atoms with Crippen molar-refractivity contribution in [3.8, 4) is 11.1 Å². The van der Waals surface area contributed by atoms with E-state index in [4.69, 9.17) is 10.5 Å². The first-order valence-electron chi connectivity index (χ1n) is 7.57. The molecule has 0 saturated heterocycles. The van der Waals surface area contributed by atoms with E-state index in [1.54, 1.807) is 0 Å². The fourth-order valence-electron chi connectivity index (χ4n) is 2.07. The van der Waals surface area contributed by atoms with E-state index in [1.807, 2.05) is 6.07 Å². The van der Waals surface area contributed by atoms with Crippen LogP contribution in [-0.2, 0) is 4.74 Å². The zero-order valence-corrected chi connectivity index (χ0v) is 13.2. The molecule has 2 heteroatoms. The van der Waals surface area contributed by atoms with Crippen LogP contribution in [-0.4, -0.2) is 12.2 Å².